The molecule has 176 valence electrons. The van der Waals surface area contributed by atoms with Gasteiger partial charge in [0, 0.05) is 11.8 Å². The lowest BCUT2D eigenvalue weighted by Crippen LogP contribution is -2.63. The molecule has 2 N–H and O–H groups in total. The van der Waals surface area contributed by atoms with Gasteiger partial charge in [-0.15, -0.1) is 0 Å². The Morgan fingerprint density at radius 3 is 2.48 bits per heavy atom. The molecule has 31 heavy (non-hydrogen) atoms. The molecule has 0 unspecified atom stereocenters. The van der Waals surface area contributed by atoms with Gasteiger partial charge in [-0.1, -0.05) is 46.8 Å². The second kappa shape index (κ2) is 7.31. The van der Waals surface area contributed by atoms with Crippen molar-refractivity contribution in [3.63, 3.8) is 0 Å². The van der Waals surface area contributed by atoms with Gasteiger partial charge in [-0.2, -0.15) is 0 Å². The summed E-state index contributed by atoms with van der Waals surface area (Å²) in [6, 6.07) is 0. The Morgan fingerprint density at radius 1 is 1.03 bits per heavy atom. The lowest BCUT2D eigenvalue weighted by Gasteiger charge is -2.60. The molecule has 4 aliphatic carbocycles. The summed E-state index contributed by atoms with van der Waals surface area (Å²) in [7, 11) is 0. The van der Waals surface area contributed by atoms with E-state index in [2.05, 4.69) is 41.2 Å². The molecule has 1 saturated heterocycles. The van der Waals surface area contributed by atoms with Gasteiger partial charge in [0.25, 0.3) is 0 Å². The summed E-state index contributed by atoms with van der Waals surface area (Å²) in [5.74, 6) is 3.61. The minimum Gasteiger partial charge on any atom is -0.393 e. The molecular weight excluding hydrogens is 384 g/mol. The predicted octanol–water partition coefficient (Wildman–Crippen LogP) is 5.74. The second-order valence-electron chi connectivity index (χ2n) is 13.1. The Labute approximate surface area is 190 Å². The SMILES string of the molecule is C=C(CC[C@@H](C)[C@H]1CC[C@H]2[C@@H]3[C@@H](O)[C@H]4O[C@]45C[C@@H](O)CC[C@]5(C)[C@H]3CC[C@]12C)C(C)C. The fraction of sp³-hybridized carbons (Fsp3) is 0.929. The van der Waals surface area contributed by atoms with Gasteiger partial charge in [0.05, 0.1) is 12.2 Å². The van der Waals surface area contributed by atoms with E-state index in [-0.39, 0.29) is 29.3 Å². The van der Waals surface area contributed by atoms with Crippen molar-refractivity contribution in [2.45, 2.75) is 116 Å². The van der Waals surface area contributed by atoms with Crippen LogP contribution in [0.4, 0.5) is 0 Å². The first-order chi connectivity index (χ1) is 14.5. The van der Waals surface area contributed by atoms with Gasteiger partial charge in [-0.05, 0) is 92.3 Å². The zero-order valence-electron chi connectivity index (χ0n) is 20.6. The highest BCUT2D eigenvalue weighted by molar-refractivity contribution is 5.27. The second-order valence-corrected chi connectivity index (χ2v) is 13.1. The van der Waals surface area contributed by atoms with Crippen LogP contribution in [0.15, 0.2) is 12.2 Å². The predicted molar refractivity (Wildman–Crippen MR) is 124 cm³/mol. The zero-order valence-corrected chi connectivity index (χ0v) is 20.6. The third-order valence-corrected chi connectivity index (χ3v) is 11.6. The normalized spacial score (nSPS) is 53.9. The first kappa shape index (κ1) is 22.4. The zero-order chi connectivity index (χ0) is 22.3. The van der Waals surface area contributed by atoms with E-state index in [1.807, 2.05) is 0 Å². The number of hydrogen-bond acceptors (Lipinski definition) is 3. The Hall–Kier alpha value is -0.380. The summed E-state index contributed by atoms with van der Waals surface area (Å²) in [6.07, 6.45) is 9.56. The lowest BCUT2D eigenvalue weighted by molar-refractivity contribution is -0.151. The van der Waals surface area contributed by atoms with Crippen molar-refractivity contribution < 1.29 is 14.9 Å². The minimum absolute atomic E-state index is 0.0399. The summed E-state index contributed by atoms with van der Waals surface area (Å²) >= 11 is 0. The van der Waals surface area contributed by atoms with E-state index < -0.39 is 0 Å². The van der Waals surface area contributed by atoms with Crippen LogP contribution in [-0.4, -0.2) is 34.1 Å². The molecule has 5 rings (SSSR count). The van der Waals surface area contributed by atoms with Crippen molar-refractivity contribution in [1.29, 1.82) is 0 Å². The summed E-state index contributed by atoms with van der Waals surface area (Å²) < 4.78 is 6.37. The number of aliphatic hydroxyl groups excluding tert-OH is 2. The number of rotatable bonds is 5. The van der Waals surface area contributed by atoms with Crippen molar-refractivity contribution in [3.05, 3.63) is 12.2 Å². The molecule has 0 aromatic rings. The summed E-state index contributed by atoms with van der Waals surface area (Å²) in [5, 5.41) is 21.9. The topological polar surface area (TPSA) is 53.0 Å². The maximum absolute atomic E-state index is 11.6. The Balaban J connectivity index is 1.36. The third-order valence-electron chi connectivity index (χ3n) is 11.6. The number of aliphatic hydroxyl groups is 2. The summed E-state index contributed by atoms with van der Waals surface area (Å²) in [4.78, 5) is 0. The highest BCUT2D eigenvalue weighted by Crippen LogP contribution is 2.74. The van der Waals surface area contributed by atoms with Crippen LogP contribution in [0.3, 0.4) is 0 Å². The summed E-state index contributed by atoms with van der Waals surface area (Å²) in [6.45, 7) is 16.3. The first-order valence-corrected chi connectivity index (χ1v) is 13.3. The number of allylic oxidation sites excluding steroid dienone is 1. The fourth-order valence-electron chi connectivity index (χ4n) is 9.52. The van der Waals surface area contributed by atoms with Crippen LogP contribution < -0.4 is 0 Å². The van der Waals surface area contributed by atoms with E-state index in [9.17, 15) is 10.2 Å². The highest BCUT2D eigenvalue weighted by Gasteiger charge is 2.79. The van der Waals surface area contributed by atoms with Gasteiger partial charge in [-0.25, -0.2) is 0 Å². The molecule has 0 radical (unpaired) electrons. The quantitative estimate of drug-likeness (QED) is 0.432. The standard InChI is InChI=1S/C28H46O3/c1-16(2)17(3)7-8-18(4)20-9-10-21-23-22(12-13-26(20,21)5)27(6)14-11-19(29)15-28(27)25(31-28)24(23)30/h16,18-25,29-30H,3,7-15H2,1-2,4-6H3/t18-,19+,20-,21+,22+,23+,24-,25-,26-,27-,28-/m1/s1. The van der Waals surface area contributed by atoms with Crippen molar-refractivity contribution in [3.8, 4) is 0 Å². The molecule has 1 heterocycles. The Bertz CT molecular complexity index is 732. The van der Waals surface area contributed by atoms with E-state index in [1.54, 1.807) is 0 Å². The molecular formula is C28H46O3. The Kier molecular flexibility index (Phi) is 5.28. The van der Waals surface area contributed by atoms with Gasteiger partial charge < -0.3 is 14.9 Å². The van der Waals surface area contributed by atoms with Gasteiger partial charge in [-0.3, -0.25) is 0 Å². The van der Waals surface area contributed by atoms with Crippen molar-refractivity contribution in [2.75, 3.05) is 0 Å². The molecule has 5 fully saturated rings. The van der Waals surface area contributed by atoms with Crippen LogP contribution in [0.2, 0.25) is 0 Å². The smallest absolute Gasteiger partial charge is 0.114 e. The molecule has 1 aliphatic heterocycles. The maximum atomic E-state index is 11.6. The van der Waals surface area contributed by atoms with Crippen LogP contribution in [0.25, 0.3) is 0 Å². The van der Waals surface area contributed by atoms with E-state index in [0.29, 0.717) is 29.1 Å². The van der Waals surface area contributed by atoms with Gasteiger partial charge in [0.2, 0.25) is 0 Å². The number of ether oxygens (including phenoxy) is 1. The monoisotopic (exact) mass is 430 g/mol. The molecule has 0 aromatic heterocycles. The number of fused-ring (bicyclic) bond motifs is 4. The van der Waals surface area contributed by atoms with E-state index >= 15 is 0 Å². The van der Waals surface area contributed by atoms with Crippen LogP contribution >= 0.6 is 0 Å². The molecule has 11 atom stereocenters. The van der Waals surface area contributed by atoms with Gasteiger partial charge in [0.15, 0.2) is 0 Å². The molecule has 3 nitrogen and oxygen atoms in total. The molecule has 1 spiro atoms. The first-order valence-electron chi connectivity index (χ1n) is 13.3. The average Bonchev–Trinajstić information content (AvgIpc) is 3.34. The largest absolute Gasteiger partial charge is 0.393 e. The van der Waals surface area contributed by atoms with Crippen molar-refractivity contribution in [1.82, 2.24) is 0 Å². The average molecular weight is 431 g/mol. The van der Waals surface area contributed by atoms with Crippen molar-refractivity contribution in [2.24, 2.45) is 46.3 Å². The van der Waals surface area contributed by atoms with Crippen molar-refractivity contribution >= 4 is 0 Å². The minimum atomic E-state index is -0.345. The Morgan fingerprint density at radius 2 is 1.77 bits per heavy atom. The van der Waals surface area contributed by atoms with E-state index in [4.69, 9.17) is 4.74 Å². The maximum Gasteiger partial charge on any atom is 0.114 e. The van der Waals surface area contributed by atoms with Gasteiger partial charge in [0.1, 0.15) is 11.7 Å². The van der Waals surface area contributed by atoms with E-state index in [0.717, 1.165) is 37.5 Å². The fourth-order valence-corrected chi connectivity index (χ4v) is 9.52. The third kappa shape index (κ3) is 3.01. The molecule has 0 bridgehead atoms. The molecule has 0 aromatic carbocycles. The number of epoxide rings is 1. The molecule has 4 saturated carbocycles. The lowest BCUT2D eigenvalue weighted by atomic mass is 9.43. The van der Waals surface area contributed by atoms with Crippen LogP contribution in [0.5, 0.6) is 0 Å². The molecule has 0 amide bonds. The van der Waals surface area contributed by atoms with Crippen LogP contribution in [0, 0.1) is 46.3 Å². The highest BCUT2D eigenvalue weighted by atomic mass is 16.6. The molecule has 3 heteroatoms. The van der Waals surface area contributed by atoms with E-state index in [1.165, 1.54) is 37.7 Å². The van der Waals surface area contributed by atoms with Crippen LogP contribution in [0.1, 0.15) is 92.4 Å². The summed E-state index contributed by atoms with van der Waals surface area (Å²) in [5.41, 5.74) is 1.62. The van der Waals surface area contributed by atoms with Gasteiger partial charge >= 0.3 is 0 Å². The molecule has 5 aliphatic rings. The van der Waals surface area contributed by atoms with Crippen LogP contribution in [-0.2, 0) is 4.74 Å². The number of hydrogen-bond donors (Lipinski definition) is 2.